The van der Waals surface area contributed by atoms with Crippen LogP contribution in [0.5, 0.6) is 0 Å². The number of hydrogen-bond donors (Lipinski definition) is 0. The fraction of sp³-hybridized carbons (Fsp3) is 0.333. The average Bonchev–Trinajstić information content (AvgIpc) is 2.78. The highest BCUT2D eigenvalue weighted by atomic mass is 127. The molecule has 154 valence electrons. The monoisotopic (exact) mass is 531 g/mol. The first-order valence-corrected chi connectivity index (χ1v) is 8.15. The number of alkyl halides is 9. The van der Waals surface area contributed by atoms with E-state index < -0.39 is 52.0 Å². The lowest BCUT2D eigenvalue weighted by molar-refractivity contribution is -0.388. The first kappa shape index (κ1) is 22.5. The van der Waals surface area contributed by atoms with Crippen LogP contribution in [0.25, 0.3) is 0 Å². The smallest absolute Gasteiger partial charge is 0.269 e. The van der Waals surface area contributed by atoms with Crippen molar-refractivity contribution in [1.82, 2.24) is 4.90 Å². The van der Waals surface area contributed by atoms with Crippen molar-refractivity contribution in [2.24, 2.45) is 0 Å². The Kier molecular flexibility index (Phi) is 5.55. The zero-order valence-corrected chi connectivity index (χ0v) is 15.3. The number of carbonyl (C=O) groups excluding carboxylic acids is 2. The summed E-state index contributed by atoms with van der Waals surface area (Å²) in [6.45, 7) is -1.02. The van der Waals surface area contributed by atoms with E-state index >= 15 is 0 Å². The molecule has 1 aromatic rings. The predicted octanol–water partition coefficient (Wildman–Crippen LogP) is 5.07. The molecule has 0 aliphatic carbocycles. The van der Waals surface area contributed by atoms with E-state index in [1.165, 1.54) is 24.3 Å². The molecule has 0 N–H and O–H groups in total. The lowest BCUT2D eigenvalue weighted by Gasteiger charge is -2.32. The summed E-state index contributed by atoms with van der Waals surface area (Å²) in [5.41, 5.74) is -0.199. The third-order valence-electron chi connectivity index (χ3n) is 3.69. The van der Waals surface area contributed by atoms with Gasteiger partial charge in [0.1, 0.15) is 0 Å². The summed E-state index contributed by atoms with van der Waals surface area (Å²) in [6, 6.07) is 5.25. The van der Waals surface area contributed by atoms with Gasteiger partial charge in [0.25, 0.3) is 11.8 Å². The number of benzene rings is 1. The zero-order valence-electron chi connectivity index (χ0n) is 13.1. The molecule has 0 aromatic heterocycles. The van der Waals surface area contributed by atoms with Crippen LogP contribution in [0.1, 0.15) is 20.7 Å². The molecule has 1 heterocycles. The second kappa shape index (κ2) is 6.91. The van der Waals surface area contributed by atoms with Crippen LogP contribution in [0, 0.1) is 0 Å². The highest BCUT2D eigenvalue weighted by molar-refractivity contribution is 14.1. The Morgan fingerprint density at radius 2 is 1.29 bits per heavy atom. The number of imide groups is 1. The minimum absolute atomic E-state index is 0.0996. The molecule has 2 rings (SSSR count). The summed E-state index contributed by atoms with van der Waals surface area (Å²) < 4.78 is 115. The molecule has 1 aliphatic rings. The average molecular weight is 531 g/mol. The molecule has 0 bridgehead atoms. The summed E-state index contributed by atoms with van der Waals surface area (Å²) in [5.74, 6) is -21.7. The molecular formula is C15H7F9INO2. The molecule has 0 fully saturated rings. The van der Waals surface area contributed by atoms with Crippen molar-refractivity contribution in [3.8, 4) is 0 Å². The molecule has 0 saturated carbocycles. The highest BCUT2D eigenvalue weighted by Gasteiger charge is 2.81. The van der Waals surface area contributed by atoms with Gasteiger partial charge in [-0.3, -0.25) is 14.5 Å². The molecule has 2 amide bonds. The fourth-order valence-corrected chi connectivity index (χ4v) is 2.99. The van der Waals surface area contributed by atoms with Crippen LogP contribution >= 0.6 is 22.6 Å². The van der Waals surface area contributed by atoms with Crippen LogP contribution < -0.4 is 0 Å². The summed E-state index contributed by atoms with van der Waals surface area (Å²) in [5, 5.41) is 0. The molecule has 1 aromatic carbocycles. The van der Waals surface area contributed by atoms with Gasteiger partial charge in [-0.25, -0.2) is 0 Å². The molecule has 0 radical (unpaired) electrons. The van der Waals surface area contributed by atoms with E-state index in [1.807, 2.05) is 0 Å². The van der Waals surface area contributed by atoms with E-state index in [9.17, 15) is 49.1 Å². The van der Waals surface area contributed by atoms with E-state index in [4.69, 9.17) is 0 Å². The number of amides is 2. The van der Waals surface area contributed by atoms with Crippen molar-refractivity contribution >= 4 is 34.4 Å². The molecule has 3 nitrogen and oxygen atoms in total. The zero-order chi connectivity index (χ0) is 21.7. The standard InChI is InChI=1S/C15H7F9INO2/c16-12(17,13(18,19)14(20,21)15(22,23)24)5-7(25)6-26-10(27)8-3-1-2-4-9(8)11(26)28/h1-5H,6H2. The Bertz CT molecular complexity index is 813. The van der Waals surface area contributed by atoms with Crippen molar-refractivity contribution < 1.29 is 49.1 Å². The van der Waals surface area contributed by atoms with Crippen LogP contribution in [0.4, 0.5) is 39.5 Å². The second-order valence-corrected chi connectivity index (χ2v) is 6.99. The van der Waals surface area contributed by atoms with Gasteiger partial charge in [-0.15, -0.1) is 0 Å². The third kappa shape index (κ3) is 3.48. The molecule has 1 aliphatic heterocycles. The lowest BCUT2D eigenvalue weighted by Crippen LogP contribution is -2.60. The second-order valence-electron chi connectivity index (χ2n) is 5.60. The Morgan fingerprint density at radius 1 is 0.857 bits per heavy atom. The number of hydrogen-bond acceptors (Lipinski definition) is 2. The number of rotatable bonds is 5. The summed E-state index contributed by atoms with van der Waals surface area (Å²) in [7, 11) is 0. The Balaban J connectivity index is 2.30. The van der Waals surface area contributed by atoms with Crippen molar-refractivity contribution in [1.29, 1.82) is 0 Å². The Morgan fingerprint density at radius 3 is 1.68 bits per heavy atom. The van der Waals surface area contributed by atoms with Crippen LogP contribution in [0.2, 0.25) is 0 Å². The Labute approximate surface area is 164 Å². The molecule has 0 unspecified atom stereocenters. The molecule has 28 heavy (non-hydrogen) atoms. The SMILES string of the molecule is O=C1c2ccccc2C(=O)N1CC(I)=CC(F)(F)C(F)(F)C(F)(F)C(F)(F)F. The van der Waals surface area contributed by atoms with Gasteiger partial charge in [0.15, 0.2) is 0 Å². The van der Waals surface area contributed by atoms with Gasteiger partial charge in [-0.1, -0.05) is 12.1 Å². The van der Waals surface area contributed by atoms with E-state index in [0.29, 0.717) is 4.90 Å². The summed E-state index contributed by atoms with van der Waals surface area (Å²) in [4.78, 5) is 24.5. The van der Waals surface area contributed by atoms with E-state index in [0.717, 1.165) is 22.6 Å². The quantitative estimate of drug-likeness (QED) is 0.303. The van der Waals surface area contributed by atoms with Gasteiger partial charge < -0.3 is 0 Å². The van der Waals surface area contributed by atoms with Crippen LogP contribution in [-0.4, -0.2) is 47.2 Å². The van der Waals surface area contributed by atoms with Gasteiger partial charge in [-0.05, 0) is 34.7 Å². The van der Waals surface area contributed by atoms with Crippen molar-refractivity contribution in [3.05, 3.63) is 45.0 Å². The molecule has 0 spiro atoms. The summed E-state index contributed by atoms with van der Waals surface area (Å²) >= 11 is 0.940. The fourth-order valence-electron chi connectivity index (χ4n) is 2.25. The van der Waals surface area contributed by atoms with Gasteiger partial charge >= 0.3 is 23.9 Å². The van der Waals surface area contributed by atoms with E-state index in [1.54, 1.807) is 0 Å². The van der Waals surface area contributed by atoms with Crippen LogP contribution in [0.15, 0.2) is 33.9 Å². The minimum Gasteiger partial charge on any atom is -0.269 e. The third-order valence-corrected chi connectivity index (χ3v) is 4.35. The van der Waals surface area contributed by atoms with E-state index in [-0.39, 0.29) is 11.1 Å². The minimum atomic E-state index is -7.02. The maximum Gasteiger partial charge on any atom is 0.460 e. The van der Waals surface area contributed by atoms with Gasteiger partial charge in [-0.2, -0.15) is 39.5 Å². The van der Waals surface area contributed by atoms with Crippen molar-refractivity contribution in [2.75, 3.05) is 6.54 Å². The van der Waals surface area contributed by atoms with Gasteiger partial charge in [0, 0.05) is 9.66 Å². The maximum atomic E-state index is 13.6. The van der Waals surface area contributed by atoms with Crippen molar-refractivity contribution in [3.63, 3.8) is 0 Å². The van der Waals surface area contributed by atoms with Crippen molar-refractivity contribution in [2.45, 2.75) is 23.9 Å². The summed E-state index contributed by atoms with van der Waals surface area (Å²) in [6.07, 6.45) is -7.75. The highest BCUT2D eigenvalue weighted by Crippen LogP contribution is 2.53. The first-order chi connectivity index (χ1) is 12.5. The number of fused-ring (bicyclic) bond motifs is 1. The molecule has 0 atom stereocenters. The van der Waals surface area contributed by atoms with Gasteiger partial charge in [0.2, 0.25) is 0 Å². The Hall–Kier alpha value is -1.80. The predicted molar refractivity (Wildman–Crippen MR) is 84.8 cm³/mol. The number of carbonyl (C=O) groups is 2. The number of allylic oxidation sites excluding steroid dienone is 1. The number of halogens is 10. The first-order valence-electron chi connectivity index (χ1n) is 7.07. The van der Waals surface area contributed by atoms with Crippen LogP contribution in [0.3, 0.4) is 0 Å². The van der Waals surface area contributed by atoms with Gasteiger partial charge in [0.05, 0.1) is 17.7 Å². The van der Waals surface area contributed by atoms with E-state index in [2.05, 4.69) is 0 Å². The largest absolute Gasteiger partial charge is 0.460 e. The molecule has 0 saturated heterocycles. The van der Waals surface area contributed by atoms with Crippen LogP contribution in [-0.2, 0) is 0 Å². The maximum absolute atomic E-state index is 13.6. The topological polar surface area (TPSA) is 37.4 Å². The lowest BCUT2D eigenvalue weighted by atomic mass is 10.0. The molecular weight excluding hydrogens is 524 g/mol. The normalized spacial score (nSPS) is 16.6. The number of nitrogens with zero attached hydrogens (tertiary/aromatic N) is 1. The molecule has 13 heteroatoms.